The molecule has 0 aromatic rings. The van der Waals surface area contributed by atoms with Crippen LogP contribution in [0.2, 0.25) is 0 Å². The molecule has 1 nitrogen and oxygen atoms in total. The van der Waals surface area contributed by atoms with Crippen molar-refractivity contribution < 1.29 is 4.79 Å². The zero-order valence-corrected chi connectivity index (χ0v) is 5.29. The van der Waals surface area contributed by atoms with E-state index in [9.17, 15) is 4.79 Å². The highest BCUT2D eigenvalue weighted by Crippen LogP contribution is 2.18. The summed E-state index contributed by atoms with van der Waals surface area (Å²) < 4.78 is 0. The standard InChI is InChI=1S/C8H10O/c9-7-3-6-8-4-1-2-5-8/h1-3,6-8H,4-5H2/b6-3+. The van der Waals surface area contributed by atoms with Gasteiger partial charge in [-0.2, -0.15) is 0 Å². The monoisotopic (exact) mass is 122 g/mol. The lowest BCUT2D eigenvalue weighted by Gasteiger charge is -1.96. The Hall–Kier alpha value is -0.850. The topological polar surface area (TPSA) is 17.1 Å². The average Bonchev–Trinajstić information content (AvgIpc) is 2.34. The predicted molar refractivity (Wildman–Crippen MR) is 37.1 cm³/mol. The summed E-state index contributed by atoms with van der Waals surface area (Å²) in [6, 6.07) is 0. The number of carbonyl (C=O) groups excluding carboxylic acids is 1. The van der Waals surface area contributed by atoms with Crippen LogP contribution in [0.4, 0.5) is 0 Å². The van der Waals surface area contributed by atoms with E-state index in [0.717, 1.165) is 19.1 Å². The van der Waals surface area contributed by atoms with Crippen molar-refractivity contribution >= 4 is 6.29 Å². The molecule has 0 heterocycles. The van der Waals surface area contributed by atoms with E-state index < -0.39 is 0 Å². The molecule has 1 aliphatic rings. The van der Waals surface area contributed by atoms with E-state index in [1.165, 1.54) is 0 Å². The molecule has 0 saturated carbocycles. The second-order valence-corrected chi connectivity index (χ2v) is 2.22. The lowest BCUT2D eigenvalue weighted by atomic mass is 10.1. The van der Waals surface area contributed by atoms with Crippen LogP contribution in [0.5, 0.6) is 0 Å². The fraction of sp³-hybridized carbons (Fsp3) is 0.375. The average molecular weight is 122 g/mol. The van der Waals surface area contributed by atoms with Crippen molar-refractivity contribution in [3.8, 4) is 0 Å². The Bertz CT molecular complexity index is 137. The van der Waals surface area contributed by atoms with Gasteiger partial charge in [0.25, 0.3) is 0 Å². The van der Waals surface area contributed by atoms with Gasteiger partial charge in [0.05, 0.1) is 0 Å². The van der Waals surface area contributed by atoms with E-state index in [2.05, 4.69) is 12.2 Å². The van der Waals surface area contributed by atoms with Gasteiger partial charge < -0.3 is 0 Å². The van der Waals surface area contributed by atoms with Gasteiger partial charge in [0.1, 0.15) is 6.29 Å². The van der Waals surface area contributed by atoms with E-state index in [1.54, 1.807) is 6.08 Å². The Morgan fingerprint density at radius 3 is 2.56 bits per heavy atom. The minimum atomic E-state index is 0.593. The molecule has 0 bridgehead atoms. The number of carbonyl (C=O) groups is 1. The first kappa shape index (κ1) is 6.27. The molecular weight excluding hydrogens is 112 g/mol. The van der Waals surface area contributed by atoms with E-state index in [-0.39, 0.29) is 0 Å². The molecule has 0 radical (unpaired) electrons. The Labute approximate surface area is 55.1 Å². The smallest absolute Gasteiger partial charge is 0.142 e. The van der Waals surface area contributed by atoms with Crippen LogP contribution < -0.4 is 0 Å². The first-order valence-electron chi connectivity index (χ1n) is 3.20. The predicted octanol–water partition coefficient (Wildman–Crippen LogP) is 1.71. The van der Waals surface area contributed by atoms with Gasteiger partial charge in [-0.05, 0) is 24.8 Å². The van der Waals surface area contributed by atoms with Crippen LogP contribution in [0.15, 0.2) is 24.3 Å². The van der Waals surface area contributed by atoms with Crippen LogP contribution in [-0.4, -0.2) is 6.29 Å². The first-order chi connectivity index (χ1) is 4.43. The first-order valence-corrected chi connectivity index (χ1v) is 3.20. The van der Waals surface area contributed by atoms with Crippen LogP contribution in [0, 0.1) is 5.92 Å². The normalized spacial score (nSPS) is 19.6. The molecule has 0 fully saturated rings. The van der Waals surface area contributed by atoms with Crippen LogP contribution in [0.3, 0.4) is 0 Å². The van der Waals surface area contributed by atoms with E-state index in [1.807, 2.05) is 6.08 Å². The Kier molecular flexibility index (Phi) is 2.25. The molecule has 0 amide bonds. The maximum Gasteiger partial charge on any atom is 0.142 e. The van der Waals surface area contributed by atoms with Crippen molar-refractivity contribution in [2.45, 2.75) is 12.8 Å². The number of rotatable bonds is 2. The van der Waals surface area contributed by atoms with Gasteiger partial charge in [0, 0.05) is 0 Å². The summed E-state index contributed by atoms with van der Waals surface area (Å²) in [5.74, 6) is 0.593. The zero-order valence-electron chi connectivity index (χ0n) is 5.29. The molecule has 0 aliphatic heterocycles. The van der Waals surface area contributed by atoms with Crippen LogP contribution in [0.25, 0.3) is 0 Å². The van der Waals surface area contributed by atoms with Gasteiger partial charge >= 0.3 is 0 Å². The molecule has 0 atom stereocenters. The molecule has 9 heavy (non-hydrogen) atoms. The molecule has 0 aromatic heterocycles. The molecule has 1 heteroatoms. The summed E-state index contributed by atoms with van der Waals surface area (Å²) >= 11 is 0. The van der Waals surface area contributed by atoms with Crippen molar-refractivity contribution in [2.24, 2.45) is 5.92 Å². The fourth-order valence-electron chi connectivity index (χ4n) is 0.998. The molecule has 0 spiro atoms. The molecule has 0 aromatic carbocycles. The highest BCUT2D eigenvalue weighted by Gasteiger charge is 2.03. The summed E-state index contributed by atoms with van der Waals surface area (Å²) in [7, 11) is 0. The third-order valence-corrected chi connectivity index (χ3v) is 1.51. The summed E-state index contributed by atoms with van der Waals surface area (Å²) in [4.78, 5) is 9.85. The number of allylic oxidation sites excluding steroid dienone is 4. The van der Waals surface area contributed by atoms with Gasteiger partial charge in [-0.15, -0.1) is 0 Å². The molecule has 48 valence electrons. The molecule has 0 unspecified atom stereocenters. The quantitative estimate of drug-likeness (QED) is 0.309. The van der Waals surface area contributed by atoms with Crippen molar-refractivity contribution in [2.75, 3.05) is 0 Å². The lowest BCUT2D eigenvalue weighted by Crippen LogP contribution is -1.85. The zero-order chi connectivity index (χ0) is 6.53. The second-order valence-electron chi connectivity index (χ2n) is 2.22. The van der Waals surface area contributed by atoms with E-state index in [4.69, 9.17) is 0 Å². The second kappa shape index (κ2) is 3.23. The summed E-state index contributed by atoms with van der Waals surface area (Å²) in [6.07, 6.45) is 10.9. The minimum absolute atomic E-state index is 0.593. The summed E-state index contributed by atoms with van der Waals surface area (Å²) in [5, 5.41) is 0. The lowest BCUT2D eigenvalue weighted by molar-refractivity contribution is -0.104. The van der Waals surface area contributed by atoms with E-state index in [0.29, 0.717) is 5.92 Å². The number of hydrogen-bond acceptors (Lipinski definition) is 1. The molecule has 1 rings (SSSR count). The maximum absolute atomic E-state index is 9.85. The molecule has 1 aliphatic carbocycles. The Morgan fingerprint density at radius 2 is 2.00 bits per heavy atom. The largest absolute Gasteiger partial charge is 0.299 e. The van der Waals surface area contributed by atoms with Gasteiger partial charge in [0.15, 0.2) is 0 Å². The van der Waals surface area contributed by atoms with E-state index >= 15 is 0 Å². The molecular formula is C8H10O. The van der Waals surface area contributed by atoms with Gasteiger partial charge in [0.2, 0.25) is 0 Å². The van der Waals surface area contributed by atoms with Crippen molar-refractivity contribution in [3.63, 3.8) is 0 Å². The molecule has 0 N–H and O–H groups in total. The van der Waals surface area contributed by atoms with Crippen molar-refractivity contribution in [1.29, 1.82) is 0 Å². The number of aldehydes is 1. The van der Waals surface area contributed by atoms with Gasteiger partial charge in [-0.3, -0.25) is 4.79 Å². The van der Waals surface area contributed by atoms with Crippen LogP contribution >= 0.6 is 0 Å². The molecule has 0 saturated heterocycles. The SMILES string of the molecule is O=C/C=C/C1CC=CC1. The van der Waals surface area contributed by atoms with Crippen molar-refractivity contribution in [1.82, 2.24) is 0 Å². The number of hydrogen-bond donors (Lipinski definition) is 0. The maximum atomic E-state index is 9.85. The third kappa shape index (κ3) is 1.84. The Balaban J connectivity index is 2.29. The van der Waals surface area contributed by atoms with Gasteiger partial charge in [-0.1, -0.05) is 18.2 Å². The summed E-state index contributed by atoms with van der Waals surface area (Å²) in [5.41, 5.74) is 0. The van der Waals surface area contributed by atoms with Crippen molar-refractivity contribution in [3.05, 3.63) is 24.3 Å². The van der Waals surface area contributed by atoms with Crippen LogP contribution in [-0.2, 0) is 4.79 Å². The summed E-state index contributed by atoms with van der Waals surface area (Å²) in [6.45, 7) is 0. The fourth-order valence-corrected chi connectivity index (χ4v) is 0.998. The third-order valence-electron chi connectivity index (χ3n) is 1.51. The van der Waals surface area contributed by atoms with Gasteiger partial charge in [-0.25, -0.2) is 0 Å². The Morgan fingerprint density at radius 1 is 1.33 bits per heavy atom. The minimum Gasteiger partial charge on any atom is -0.299 e. The highest BCUT2D eigenvalue weighted by molar-refractivity contribution is 5.64. The highest BCUT2D eigenvalue weighted by atomic mass is 16.1. The van der Waals surface area contributed by atoms with Crippen LogP contribution in [0.1, 0.15) is 12.8 Å².